The Bertz CT molecular complexity index is 659. The van der Waals surface area contributed by atoms with Gasteiger partial charge in [0.1, 0.15) is 5.75 Å². The van der Waals surface area contributed by atoms with E-state index in [0.29, 0.717) is 5.69 Å². The van der Waals surface area contributed by atoms with Crippen molar-refractivity contribution in [3.63, 3.8) is 0 Å². The summed E-state index contributed by atoms with van der Waals surface area (Å²) in [6.45, 7) is -2.91. The van der Waals surface area contributed by atoms with Crippen LogP contribution in [0, 0.1) is 5.92 Å². The van der Waals surface area contributed by atoms with E-state index in [1.807, 2.05) is 0 Å². The molecule has 1 amide bonds. The summed E-state index contributed by atoms with van der Waals surface area (Å²) in [5.41, 5.74) is 0.506. The van der Waals surface area contributed by atoms with Gasteiger partial charge in [0.2, 0.25) is 5.91 Å². The summed E-state index contributed by atoms with van der Waals surface area (Å²) in [6.07, 6.45) is 0.208. The van der Waals surface area contributed by atoms with Crippen molar-refractivity contribution in [2.45, 2.75) is 19.1 Å². The number of halogens is 2. The summed E-state index contributed by atoms with van der Waals surface area (Å²) in [5.74, 6) is -0.330. The lowest BCUT2D eigenvalue weighted by Crippen LogP contribution is -2.36. The summed E-state index contributed by atoms with van der Waals surface area (Å²) >= 11 is 0. The van der Waals surface area contributed by atoms with Gasteiger partial charge in [-0.15, -0.1) is 0 Å². The molecule has 2 aliphatic heterocycles. The molecule has 0 N–H and O–H groups in total. The minimum Gasteiger partial charge on any atom is -0.435 e. The van der Waals surface area contributed by atoms with Crippen LogP contribution in [0.2, 0.25) is 0 Å². The maximum atomic E-state index is 12.1. The van der Waals surface area contributed by atoms with Crippen LogP contribution in [-0.2, 0) is 14.6 Å². The SMILES string of the molecule is O=C1C[C@H]2CS(=O)(=O)C[C@H]2N1c1ccc(OC(F)F)cc1. The van der Waals surface area contributed by atoms with Crippen LogP contribution in [-0.4, -0.2) is 38.5 Å². The van der Waals surface area contributed by atoms with Crippen LogP contribution in [0.15, 0.2) is 24.3 Å². The maximum absolute atomic E-state index is 12.1. The van der Waals surface area contributed by atoms with Crippen molar-refractivity contribution in [1.29, 1.82) is 0 Å². The highest BCUT2D eigenvalue weighted by molar-refractivity contribution is 7.91. The van der Waals surface area contributed by atoms with Crippen LogP contribution >= 0.6 is 0 Å². The Morgan fingerprint density at radius 3 is 2.48 bits per heavy atom. The standard InChI is InChI=1S/C13H13F2NO4S/c14-13(15)20-10-3-1-9(2-4-10)16-11-7-21(18,19)6-8(11)5-12(16)17/h1-4,8,11,13H,5-7H2/t8-,11+/m0/s1. The Morgan fingerprint density at radius 2 is 1.86 bits per heavy atom. The van der Waals surface area contributed by atoms with Gasteiger partial charge >= 0.3 is 6.61 Å². The van der Waals surface area contributed by atoms with Crippen molar-refractivity contribution in [1.82, 2.24) is 0 Å². The van der Waals surface area contributed by atoms with Gasteiger partial charge in [-0.2, -0.15) is 8.78 Å². The summed E-state index contributed by atoms with van der Waals surface area (Å²) < 4.78 is 51.8. The monoisotopic (exact) mass is 317 g/mol. The van der Waals surface area contributed by atoms with Gasteiger partial charge in [-0.3, -0.25) is 4.79 Å². The van der Waals surface area contributed by atoms with E-state index in [9.17, 15) is 22.0 Å². The molecule has 2 atom stereocenters. The lowest BCUT2D eigenvalue weighted by Gasteiger charge is -2.23. The fourth-order valence-corrected chi connectivity index (χ4v) is 5.08. The van der Waals surface area contributed by atoms with Gasteiger partial charge in [-0.1, -0.05) is 0 Å². The second-order valence-electron chi connectivity index (χ2n) is 5.24. The van der Waals surface area contributed by atoms with Gasteiger partial charge in [0.25, 0.3) is 0 Å². The highest BCUT2D eigenvalue weighted by Crippen LogP contribution is 2.37. The Hall–Kier alpha value is -1.70. The molecule has 2 fully saturated rings. The van der Waals surface area contributed by atoms with Crippen LogP contribution in [0.1, 0.15) is 6.42 Å². The van der Waals surface area contributed by atoms with Crippen molar-refractivity contribution in [2.75, 3.05) is 16.4 Å². The second kappa shape index (κ2) is 4.94. The number of amides is 1. The Balaban J connectivity index is 1.84. The van der Waals surface area contributed by atoms with E-state index in [4.69, 9.17) is 0 Å². The molecule has 1 aromatic rings. The van der Waals surface area contributed by atoms with Crippen molar-refractivity contribution in [3.8, 4) is 5.75 Å². The molecule has 0 radical (unpaired) electrons. The van der Waals surface area contributed by atoms with Crippen molar-refractivity contribution in [3.05, 3.63) is 24.3 Å². The third-order valence-electron chi connectivity index (χ3n) is 3.81. The predicted octanol–water partition coefficient (Wildman–Crippen LogP) is 1.44. The molecule has 2 heterocycles. The Labute approximate surface area is 120 Å². The number of nitrogens with zero attached hydrogens (tertiary/aromatic N) is 1. The van der Waals surface area contributed by atoms with E-state index in [-0.39, 0.29) is 41.5 Å². The highest BCUT2D eigenvalue weighted by Gasteiger charge is 2.49. The molecule has 0 aromatic heterocycles. The number of carbonyl (C=O) groups excluding carboxylic acids is 1. The number of carbonyl (C=O) groups is 1. The molecule has 0 aliphatic carbocycles. The van der Waals surface area contributed by atoms with E-state index >= 15 is 0 Å². The molecule has 0 bridgehead atoms. The third-order valence-corrected chi connectivity index (χ3v) is 5.60. The van der Waals surface area contributed by atoms with Crippen molar-refractivity contribution < 1.29 is 26.7 Å². The van der Waals surface area contributed by atoms with Crippen LogP contribution in [0.25, 0.3) is 0 Å². The molecule has 0 saturated carbocycles. The molecular formula is C13H13F2NO4S. The number of hydrogen-bond donors (Lipinski definition) is 0. The second-order valence-corrected chi connectivity index (χ2v) is 7.40. The topological polar surface area (TPSA) is 63.7 Å². The molecule has 21 heavy (non-hydrogen) atoms. The number of fused-ring (bicyclic) bond motifs is 1. The molecule has 114 valence electrons. The van der Waals surface area contributed by atoms with Crippen LogP contribution < -0.4 is 9.64 Å². The molecular weight excluding hydrogens is 304 g/mol. The zero-order valence-corrected chi connectivity index (χ0v) is 11.7. The highest BCUT2D eigenvalue weighted by atomic mass is 32.2. The van der Waals surface area contributed by atoms with E-state index in [0.717, 1.165) is 0 Å². The number of benzene rings is 1. The molecule has 0 spiro atoms. The van der Waals surface area contributed by atoms with E-state index in [1.165, 1.54) is 29.2 Å². The summed E-state index contributed by atoms with van der Waals surface area (Å²) in [4.78, 5) is 13.5. The molecule has 2 aliphatic rings. The average Bonchev–Trinajstić information content (AvgIpc) is 2.80. The molecule has 8 heteroatoms. The lowest BCUT2D eigenvalue weighted by molar-refractivity contribution is -0.117. The van der Waals surface area contributed by atoms with Crippen LogP contribution in [0.3, 0.4) is 0 Å². The van der Waals surface area contributed by atoms with Gasteiger partial charge in [0.05, 0.1) is 17.5 Å². The zero-order chi connectivity index (χ0) is 15.2. The third kappa shape index (κ3) is 2.72. The minimum atomic E-state index is -3.11. The molecule has 5 nitrogen and oxygen atoms in total. The van der Waals surface area contributed by atoms with Gasteiger partial charge in [0.15, 0.2) is 9.84 Å². The number of ether oxygens (including phenoxy) is 1. The predicted molar refractivity (Wildman–Crippen MR) is 71.1 cm³/mol. The number of anilines is 1. The number of sulfone groups is 1. The fraction of sp³-hybridized carbons (Fsp3) is 0.462. The fourth-order valence-electron chi connectivity index (χ4n) is 3.01. The van der Waals surface area contributed by atoms with Gasteiger partial charge in [-0.05, 0) is 24.3 Å². The molecule has 2 saturated heterocycles. The van der Waals surface area contributed by atoms with Gasteiger partial charge in [0, 0.05) is 18.0 Å². The smallest absolute Gasteiger partial charge is 0.387 e. The summed E-state index contributed by atoms with van der Waals surface area (Å²) in [7, 11) is -3.11. The van der Waals surface area contributed by atoms with Gasteiger partial charge in [-0.25, -0.2) is 8.42 Å². The number of hydrogen-bond acceptors (Lipinski definition) is 4. The first kappa shape index (κ1) is 14.2. The van der Waals surface area contributed by atoms with E-state index in [2.05, 4.69) is 4.74 Å². The zero-order valence-electron chi connectivity index (χ0n) is 10.9. The quantitative estimate of drug-likeness (QED) is 0.846. The summed E-state index contributed by atoms with van der Waals surface area (Å²) in [6, 6.07) is 5.30. The van der Waals surface area contributed by atoms with Crippen molar-refractivity contribution >= 4 is 21.4 Å². The Kier molecular flexibility index (Phi) is 3.35. The number of rotatable bonds is 3. The normalized spacial score (nSPS) is 27.2. The largest absolute Gasteiger partial charge is 0.435 e. The first-order valence-corrected chi connectivity index (χ1v) is 8.25. The van der Waals surface area contributed by atoms with E-state index < -0.39 is 16.4 Å². The average molecular weight is 317 g/mol. The van der Waals surface area contributed by atoms with E-state index in [1.54, 1.807) is 0 Å². The molecule has 1 aromatic carbocycles. The van der Waals surface area contributed by atoms with Crippen molar-refractivity contribution in [2.24, 2.45) is 5.92 Å². The first-order valence-electron chi connectivity index (χ1n) is 6.43. The maximum Gasteiger partial charge on any atom is 0.387 e. The molecule has 0 unspecified atom stereocenters. The summed E-state index contributed by atoms with van der Waals surface area (Å²) in [5, 5.41) is 0. The first-order chi connectivity index (χ1) is 9.85. The molecule has 3 rings (SSSR count). The van der Waals surface area contributed by atoms with Gasteiger partial charge < -0.3 is 9.64 Å². The minimum absolute atomic E-state index is 0.00371. The Morgan fingerprint density at radius 1 is 1.19 bits per heavy atom. The van der Waals surface area contributed by atoms with Crippen LogP contribution in [0.5, 0.6) is 5.75 Å². The lowest BCUT2D eigenvalue weighted by atomic mass is 10.0. The number of alkyl halides is 2. The van der Waals surface area contributed by atoms with Crippen LogP contribution in [0.4, 0.5) is 14.5 Å².